The van der Waals surface area contributed by atoms with E-state index in [4.69, 9.17) is 14.0 Å². The molecule has 2 rings (SSSR count). The Labute approximate surface area is 113 Å². The monoisotopic (exact) mass is 266 g/mol. The fourth-order valence-electron chi connectivity index (χ4n) is 1.95. The molecule has 0 bridgehead atoms. The average molecular weight is 266 g/mol. The van der Waals surface area contributed by atoms with E-state index in [-0.39, 0.29) is 5.41 Å². The van der Waals surface area contributed by atoms with Crippen LogP contribution in [0.15, 0.2) is 6.20 Å². The molecule has 0 saturated carbocycles. The first-order valence-electron chi connectivity index (χ1n) is 6.37. The Balaban J connectivity index is 2.19. The number of carbonyl (C=O) groups excluding carboxylic acids is 1. The Morgan fingerprint density at radius 3 is 2.74 bits per heavy atom. The standard InChI is InChI=1S/C12H19BN2O4/c1-5-17-11(16)10-9(6-14-15(10)4)13-18-7-12(2,3)8-19-13/h6H,5,7-8H2,1-4H3. The first kappa shape index (κ1) is 14.1. The van der Waals surface area contributed by atoms with Crippen molar-refractivity contribution in [1.82, 2.24) is 9.78 Å². The van der Waals surface area contributed by atoms with Crippen LogP contribution in [0.1, 0.15) is 31.3 Å². The maximum Gasteiger partial charge on any atom is 0.498 e. The van der Waals surface area contributed by atoms with Crippen molar-refractivity contribution in [1.29, 1.82) is 0 Å². The van der Waals surface area contributed by atoms with Gasteiger partial charge in [0.25, 0.3) is 0 Å². The maximum absolute atomic E-state index is 11.9. The van der Waals surface area contributed by atoms with Gasteiger partial charge in [0.05, 0.1) is 6.61 Å². The minimum Gasteiger partial charge on any atom is -0.461 e. The van der Waals surface area contributed by atoms with Crippen molar-refractivity contribution >= 4 is 18.6 Å². The molecule has 1 saturated heterocycles. The van der Waals surface area contributed by atoms with Gasteiger partial charge in [-0.3, -0.25) is 4.68 Å². The average Bonchev–Trinajstić information content (AvgIpc) is 2.71. The molecule has 0 aliphatic carbocycles. The molecule has 1 aliphatic rings. The molecule has 1 aliphatic heterocycles. The van der Waals surface area contributed by atoms with E-state index in [2.05, 4.69) is 18.9 Å². The third kappa shape index (κ3) is 2.98. The highest BCUT2D eigenvalue weighted by Gasteiger charge is 2.37. The minimum atomic E-state index is -0.555. The number of esters is 1. The van der Waals surface area contributed by atoms with E-state index in [1.807, 2.05) is 0 Å². The minimum absolute atomic E-state index is 0.0111. The van der Waals surface area contributed by atoms with Crippen LogP contribution in [0.2, 0.25) is 0 Å². The van der Waals surface area contributed by atoms with Gasteiger partial charge < -0.3 is 14.0 Å². The first-order valence-corrected chi connectivity index (χ1v) is 6.37. The smallest absolute Gasteiger partial charge is 0.461 e. The summed E-state index contributed by atoms with van der Waals surface area (Å²) in [5.74, 6) is -0.408. The summed E-state index contributed by atoms with van der Waals surface area (Å²) in [6.45, 7) is 7.38. The van der Waals surface area contributed by atoms with Crippen LogP contribution < -0.4 is 5.46 Å². The molecule has 0 N–H and O–H groups in total. The van der Waals surface area contributed by atoms with Gasteiger partial charge in [-0.15, -0.1) is 0 Å². The molecule has 7 heteroatoms. The highest BCUT2D eigenvalue weighted by Crippen LogP contribution is 2.21. The molecular formula is C12H19BN2O4. The topological polar surface area (TPSA) is 62.6 Å². The summed E-state index contributed by atoms with van der Waals surface area (Å²) in [6.07, 6.45) is 1.59. The van der Waals surface area contributed by atoms with Crippen molar-refractivity contribution in [2.75, 3.05) is 19.8 Å². The number of hydrogen-bond acceptors (Lipinski definition) is 5. The zero-order valence-electron chi connectivity index (χ0n) is 11.8. The Bertz CT molecular complexity index is 462. The van der Waals surface area contributed by atoms with Gasteiger partial charge in [0.15, 0.2) is 0 Å². The van der Waals surface area contributed by atoms with E-state index in [9.17, 15) is 4.79 Å². The van der Waals surface area contributed by atoms with Crippen molar-refractivity contribution < 1.29 is 18.8 Å². The summed E-state index contributed by atoms with van der Waals surface area (Å²) >= 11 is 0. The molecule has 0 radical (unpaired) electrons. The zero-order chi connectivity index (χ0) is 14.0. The van der Waals surface area contributed by atoms with Crippen molar-refractivity contribution in [2.45, 2.75) is 20.8 Å². The normalized spacial score (nSPS) is 18.4. The maximum atomic E-state index is 11.9. The van der Waals surface area contributed by atoms with Crippen molar-refractivity contribution in [3.63, 3.8) is 0 Å². The van der Waals surface area contributed by atoms with Gasteiger partial charge in [0.1, 0.15) is 5.69 Å². The van der Waals surface area contributed by atoms with Gasteiger partial charge in [0, 0.05) is 37.3 Å². The number of rotatable bonds is 3. The quantitative estimate of drug-likeness (QED) is 0.584. The second-order valence-electron chi connectivity index (χ2n) is 5.41. The number of aryl methyl sites for hydroxylation is 1. The Morgan fingerprint density at radius 2 is 2.16 bits per heavy atom. The Hall–Kier alpha value is -1.34. The highest BCUT2D eigenvalue weighted by atomic mass is 16.6. The number of aromatic nitrogens is 2. The zero-order valence-corrected chi connectivity index (χ0v) is 11.8. The molecule has 0 aromatic carbocycles. The van der Waals surface area contributed by atoms with E-state index in [0.29, 0.717) is 31.0 Å². The summed E-state index contributed by atoms with van der Waals surface area (Å²) in [5.41, 5.74) is 0.992. The first-order chi connectivity index (χ1) is 8.94. The SMILES string of the molecule is CCOC(=O)c1c(B2OCC(C)(C)CO2)cnn1C. The Morgan fingerprint density at radius 1 is 1.53 bits per heavy atom. The molecule has 2 heterocycles. The van der Waals surface area contributed by atoms with Crippen molar-refractivity contribution in [2.24, 2.45) is 12.5 Å². The van der Waals surface area contributed by atoms with Gasteiger partial charge in [-0.25, -0.2) is 4.79 Å². The van der Waals surface area contributed by atoms with Crippen LogP contribution in [0.4, 0.5) is 0 Å². The van der Waals surface area contributed by atoms with Gasteiger partial charge in [-0.2, -0.15) is 5.10 Å². The summed E-state index contributed by atoms with van der Waals surface area (Å²) in [4.78, 5) is 11.9. The van der Waals surface area contributed by atoms with Crippen LogP contribution in [-0.2, 0) is 21.1 Å². The summed E-state index contributed by atoms with van der Waals surface area (Å²) < 4.78 is 17.9. The molecule has 104 valence electrons. The molecule has 1 aromatic rings. The second-order valence-corrected chi connectivity index (χ2v) is 5.41. The van der Waals surface area contributed by atoms with Crippen LogP contribution in [0.3, 0.4) is 0 Å². The van der Waals surface area contributed by atoms with Crippen LogP contribution in [0.5, 0.6) is 0 Å². The fourth-order valence-corrected chi connectivity index (χ4v) is 1.95. The molecule has 0 spiro atoms. The number of nitrogens with zero attached hydrogens (tertiary/aromatic N) is 2. The molecule has 0 unspecified atom stereocenters. The second kappa shape index (κ2) is 5.34. The third-order valence-corrected chi connectivity index (χ3v) is 2.94. The lowest BCUT2D eigenvalue weighted by atomic mass is 9.76. The molecule has 0 amide bonds. The predicted molar refractivity (Wildman–Crippen MR) is 70.2 cm³/mol. The number of carbonyl (C=O) groups is 1. The van der Waals surface area contributed by atoms with Crippen LogP contribution in [0.25, 0.3) is 0 Å². The Kier molecular flexibility index (Phi) is 3.96. The van der Waals surface area contributed by atoms with Crippen LogP contribution in [-0.4, -0.2) is 42.7 Å². The van der Waals surface area contributed by atoms with E-state index >= 15 is 0 Å². The van der Waals surface area contributed by atoms with E-state index in [0.717, 1.165) is 0 Å². The lowest BCUT2D eigenvalue weighted by molar-refractivity contribution is 0.0338. The van der Waals surface area contributed by atoms with Gasteiger partial charge in [0.2, 0.25) is 0 Å². The lowest BCUT2D eigenvalue weighted by Gasteiger charge is -2.32. The molecule has 6 nitrogen and oxygen atoms in total. The largest absolute Gasteiger partial charge is 0.498 e. The molecule has 1 fully saturated rings. The molecule has 19 heavy (non-hydrogen) atoms. The highest BCUT2D eigenvalue weighted by molar-refractivity contribution is 6.62. The van der Waals surface area contributed by atoms with Crippen molar-refractivity contribution in [3.8, 4) is 0 Å². The van der Waals surface area contributed by atoms with Crippen LogP contribution >= 0.6 is 0 Å². The number of hydrogen-bond donors (Lipinski definition) is 0. The van der Waals surface area contributed by atoms with Crippen LogP contribution in [0, 0.1) is 5.41 Å². The fraction of sp³-hybridized carbons (Fsp3) is 0.667. The van der Waals surface area contributed by atoms with Gasteiger partial charge in [-0.1, -0.05) is 13.8 Å². The third-order valence-electron chi connectivity index (χ3n) is 2.94. The molecule has 0 atom stereocenters. The lowest BCUT2D eigenvalue weighted by Crippen LogP contribution is -2.48. The summed E-state index contributed by atoms with van der Waals surface area (Å²) in [7, 11) is 1.14. The van der Waals surface area contributed by atoms with E-state index < -0.39 is 13.1 Å². The molecule has 1 aromatic heterocycles. The summed E-state index contributed by atoms with van der Waals surface area (Å²) in [5, 5.41) is 4.09. The van der Waals surface area contributed by atoms with Gasteiger partial charge >= 0.3 is 13.1 Å². The predicted octanol–water partition coefficient (Wildman–Crippen LogP) is 0.365. The van der Waals surface area contributed by atoms with E-state index in [1.165, 1.54) is 4.68 Å². The number of ether oxygens (including phenoxy) is 1. The van der Waals surface area contributed by atoms with Crippen molar-refractivity contribution in [3.05, 3.63) is 11.9 Å². The van der Waals surface area contributed by atoms with Gasteiger partial charge in [-0.05, 0) is 6.92 Å². The molecular weight excluding hydrogens is 247 g/mol. The summed E-state index contributed by atoms with van der Waals surface area (Å²) in [6, 6.07) is 0. The van der Waals surface area contributed by atoms with E-state index in [1.54, 1.807) is 20.2 Å².